The van der Waals surface area contributed by atoms with Crippen molar-refractivity contribution in [1.82, 2.24) is 9.22 Å². The summed E-state index contributed by atoms with van der Waals surface area (Å²) in [6, 6.07) is 1.58. The average Bonchev–Trinajstić information content (AvgIpc) is 2.55. The molecule has 0 unspecified atom stereocenters. The molecule has 0 aliphatic heterocycles. The van der Waals surface area contributed by atoms with Crippen molar-refractivity contribution in [2.45, 2.75) is 38.9 Å². The number of rotatable bonds is 1. The third kappa shape index (κ3) is 2.11. The fourth-order valence-electron chi connectivity index (χ4n) is 1.83. The molecule has 0 spiro atoms. The number of aromatic nitrogens is 2. The summed E-state index contributed by atoms with van der Waals surface area (Å²) in [5.74, 6) is -0.270. The Labute approximate surface area is 122 Å². The zero-order valence-electron chi connectivity index (χ0n) is 11.4. The molecule has 2 rings (SSSR count). The molecule has 5 heteroatoms. The predicted molar refractivity (Wildman–Crippen MR) is 85.0 cm³/mol. The highest BCUT2D eigenvalue weighted by Gasteiger charge is 2.38. The van der Waals surface area contributed by atoms with E-state index in [0.717, 1.165) is 14.6 Å². The maximum Gasteiger partial charge on any atom is 0.163 e. The molecular weight excluding hydrogens is 358 g/mol. The van der Waals surface area contributed by atoms with Crippen LogP contribution in [0.4, 0.5) is 4.39 Å². The lowest BCUT2D eigenvalue weighted by Crippen LogP contribution is -2.45. The van der Waals surface area contributed by atoms with Gasteiger partial charge >= 0.3 is 0 Å². The Kier molecular flexibility index (Phi) is 3.34. The van der Waals surface area contributed by atoms with Crippen molar-refractivity contribution in [2.24, 2.45) is 0 Å². The highest BCUT2D eigenvalue weighted by Crippen LogP contribution is 2.39. The molecule has 0 saturated carbocycles. The summed E-state index contributed by atoms with van der Waals surface area (Å²) in [6.07, 6.45) is 3.43. The Balaban J connectivity index is 2.74. The highest BCUT2D eigenvalue weighted by molar-refractivity contribution is 14.1. The second-order valence-electron chi connectivity index (χ2n) is 6.18. The number of fused-ring (bicyclic) bond motifs is 1. The van der Waals surface area contributed by atoms with Gasteiger partial charge in [-0.25, -0.2) is 9.37 Å². The normalized spacial score (nSPS) is 13.3. The Morgan fingerprint density at radius 2 is 1.94 bits per heavy atom. The molecule has 0 aromatic carbocycles. The number of pyridine rings is 1. The van der Waals surface area contributed by atoms with Gasteiger partial charge in [-0.15, -0.1) is 0 Å². The van der Waals surface area contributed by atoms with Crippen LogP contribution in [0.2, 0.25) is 18.1 Å². The summed E-state index contributed by atoms with van der Waals surface area (Å²) >= 11 is 2.26. The molecule has 18 heavy (non-hydrogen) atoms. The second kappa shape index (κ2) is 4.30. The molecule has 98 valence electrons. The van der Waals surface area contributed by atoms with Crippen molar-refractivity contribution in [3.05, 3.63) is 27.8 Å². The van der Waals surface area contributed by atoms with Crippen LogP contribution in [0.3, 0.4) is 0 Å². The minimum Gasteiger partial charge on any atom is -0.358 e. The smallest absolute Gasteiger partial charge is 0.163 e. The molecule has 0 bridgehead atoms. The Hall–Kier alpha value is -0.433. The van der Waals surface area contributed by atoms with Gasteiger partial charge in [-0.05, 0) is 33.7 Å². The zero-order valence-corrected chi connectivity index (χ0v) is 14.5. The fourth-order valence-corrected chi connectivity index (χ4v) is 4.65. The SMILES string of the molecule is CC(C)(C)[Si](C)(C)n1cc(I)c2cc(F)cnc21. The van der Waals surface area contributed by atoms with Crippen LogP contribution in [0.5, 0.6) is 0 Å². The van der Waals surface area contributed by atoms with Crippen molar-refractivity contribution in [3.8, 4) is 0 Å². The van der Waals surface area contributed by atoms with Gasteiger partial charge in [0.25, 0.3) is 0 Å². The first-order valence-corrected chi connectivity index (χ1v) is 10.00. The minimum atomic E-state index is -1.72. The van der Waals surface area contributed by atoms with E-state index in [1.807, 2.05) is 0 Å². The minimum absolute atomic E-state index is 0.220. The molecule has 0 atom stereocenters. The first-order valence-electron chi connectivity index (χ1n) is 5.97. The Bertz CT molecular complexity index is 599. The van der Waals surface area contributed by atoms with Gasteiger partial charge in [0.05, 0.1) is 6.20 Å². The highest BCUT2D eigenvalue weighted by atomic mass is 127. The molecule has 0 amide bonds. The van der Waals surface area contributed by atoms with Crippen molar-refractivity contribution < 1.29 is 4.39 Å². The molecule has 2 aromatic rings. The van der Waals surface area contributed by atoms with E-state index in [1.165, 1.54) is 6.20 Å². The van der Waals surface area contributed by atoms with E-state index in [0.29, 0.717) is 0 Å². The van der Waals surface area contributed by atoms with Crippen LogP contribution in [0.15, 0.2) is 18.5 Å². The van der Waals surface area contributed by atoms with Crippen molar-refractivity contribution >= 4 is 41.9 Å². The van der Waals surface area contributed by atoms with Crippen LogP contribution in [0.1, 0.15) is 20.8 Å². The van der Waals surface area contributed by atoms with Crippen LogP contribution in [0.25, 0.3) is 11.0 Å². The molecule has 0 saturated heterocycles. The van der Waals surface area contributed by atoms with Gasteiger partial charge in [-0.2, -0.15) is 0 Å². The van der Waals surface area contributed by atoms with Gasteiger partial charge in [0, 0.05) is 15.2 Å². The van der Waals surface area contributed by atoms with Gasteiger partial charge in [-0.3, -0.25) is 0 Å². The quantitative estimate of drug-likeness (QED) is 0.524. The van der Waals surface area contributed by atoms with Gasteiger partial charge in [0.15, 0.2) is 8.24 Å². The van der Waals surface area contributed by atoms with Crippen LogP contribution in [-0.2, 0) is 0 Å². The summed E-state index contributed by atoms with van der Waals surface area (Å²) in [7, 11) is -1.72. The van der Waals surface area contributed by atoms with Gasteiger partial charge < -0.3 is 4.23 Å². The summed E-state index contributed by atoms with van der Waals surface area (Å²) in [5, 5.41) is 1.14. The molecule has 0 radical (unpaired) electrons. The number of hydrogen-bond acceptors (Lipinski definition) is 1. The zero-order chi connectivity index (χ0) is 13.7. The summed E-state index contributed by atoms with van der Waals surface area (Å²) in [5.41, 5.74) is 0.910. The third-order valence-electron chi connectivity index (χ3n) is 4.00. The van der Waals surface area contributed by atoms with Crippen molar-refractivity contribution in [3.63, 3.8) is 0 Å². The van der Waals surface area contributed by atoms with E-state index < -0.39 is 8.24 Å². The van der Waals surface area contributed by atoms with Crippen LogP contribution in [-0.4, -0.2) is 17.5 Å². The maximum absolute atomic E-state index is 13.3. The van der Waals surface area contributed by atoms with Crippen LogP contribution in [0, 0.1) is 9.39 Å². The van der Waals surface area contributed by atoms with E-state index in [2.05, 4.69) is 71.9 Å². The Morgan fingerprint density at radius 1 is 1.33 bits per heavy atom. The van der Waals surface area contributed by atoms with Gasteiger partial charge in [0.1, 0.15) is 11.5 Å². The summed E-state index contributed by atoms with van der Waals surface area (Å²) < 4.78 is 16.7. The van der Waals surface area contributed by atoms with Gasteiger partial charge in [-0.1, -0.05) is 33.9 Å². The molecule has 0 N–H and O–H groups in total. The van der Waals surface area contributed by atoms with E-state index in [1.54, 1.807) is 6.07 Å². The van der Waals surface area contributed by atoms with E-state index >= 15 is 0 Å². The first kappa shape index (κ1) is 14.0. The second-order valence-corrected chi connectivity index (χ2v) is 12.4. The molecule has 2 heterocycles. The van der Waals surface area contributed by atoms with Crippen molar-refractivity contribution in [1.29, 1.82) is 0 Å². The monoisotopic (exact) mass is 376 g/mol. The third-order valence-corrected chi connectivity index (χ3v) is 10.1. The van der Waals surface area contributed by atoms with E-state index in [-0.39, 0.29) is 10.9 Å². The van der Waals surface area contributed by atoms with Gasteiger partial charge in [0.2, 0.25) is 0 Å². The largest absolute Gasteiger partial charge is 0.358 e. The van der Waals surface area contributed by atoms with E-state index in [9.17, 15) is 4.39 Å². The topological polar surface area (TPSA) is 17.8 Å². The lowest BCUT2D eigenvalue weighted by Gasteiger charge is -2.38. The molecule has 0 fully saturated rings. The predicted octanol–water partition coefficient (Wildman–Crippen LogP) is 4.63. The fraction of sp³-hybridized carbons (Fsp3) is 0.462. The molecule has 2 nitrogen and oxygen atoms in total. The van der Waals surface area contributed by atoms with Crippen LogP contribution < -0.4 is 0 Å². The lowest BCUT2D eigenvalue weighted by atomic mass is 10.2. The lowest BCUT2D eigenvalue weighted by molar-refractivity contribution is 0.624. The van der Waals surface area contributed by atoms with Crippen LogP contribution >= 0.6 is 22.6 Å². The molecule has 0 aliphatic rings. The van der Waals surface area contributed by atoms with Crippen molar-refractivity contribution in [2.75, 3.05) is 0 Å². The standard InChI is InChI=1S/C13H18FIN2Si/c1-13(2,3)18(4,5)17-8-11(15)10-6-9(14)7-16-12(10)17/h6-8H,1-5H3. The molecule has 0 aliphatic carbocycles. The summed E-state index contributed by atoms with van der Waals surface area (Å²) in [4.78, 5) is 4.30. The summed E-state index contributed by atoms with van der Waals surface area (Å²) in [6.45, 7) is 11.4. The number of nitrogens with zero attached hydrogens (tertiary/aromatic N) is 2. The number of hydrogen-bond donors (Lipinski definition) is 0. The van der Waals surface area contributed by atoms with E-state index in [4.69, 9.17) is 0 Å². The molecular formula is C13H18FIN2Si. The maximum atomic E-state index is 13.3. The first-order chi connectivity index (χ1) is 8.14. The molecule has 2 aromatic heterocycles. The Morgan fingerprint density at radius 3 is 2.50 bits per heavy atom. The number of halogens is 2. The average molecular weight is 376 g/mol.